The topological polar surface area (TPSA) is 84.5 Å². The first-order valence-electron chi connectivity index (χ1n) is 9.89. The monoisotopic (exact) mass is 396 g/mol. The van der Waals surface area contributed by atoms with Crippen molar-refractivity contribution in [3.05, 3.63) is 23.8 Å². The number of aryl methyl sites for hydroxylation is 1. The lowest BCUT2D eigenvalue weighted by Crippen LogP contribution is -2.48. The van der Waals surface area contributed by atoms with Gasteiger partial charge in [-0.05, 0) is 57.4 Å². The lowest BCUT2D eigenvalue weighted by atomic mass is 9.96. The van der Waals surface area contributed by atoms with E-state index in [9.17, 15) is 13.2 Å². The van der Waals surface area contributed by atoms with E-state index < -0.39 is 16.1 Å². The maximum Gasteiger partial charge on any atom is 0.241 e. The molecule has 1 aromatic rings. The molecule has 0 aliphatic heterocycles. The first kappa shape index (κ1) is 21.7. The predicted molar refractivity (Wildman–Crippen MR) is 106 cm³/mol. The molecule has 1 saturated carbocycles. The molecule has 1 fully saturated rings. The van der Waals surface area contributed by atoms with Crippen LogP contribution in [-0.4, -0.2) is 33.0 Å². The van der Waals surface area contributed by atoms with E-state index in [2.05, 4.69) is 10.0 Å². The molecule has 152 valence electrons. The molecule has 7 heteroatoms. The van der Waals surface area contributed by atoms with Crippen LogP contribution in [0.5, 0.6) is 5.75 Å². The van der Waals surface area contributed by atoms with Gasteiger partial charge in [0.05, 0.1) is 17.5 Å². The second-order valence-corrected chi connectivity index (χ2v) is 8.97. The van der Waals surface area contributed by atoms with Crippen LogP contribution in [0, 0.1) is 6.92 Å². The Balaban J connectivity index is 1.99. The Morgan fingerprint density at radius 1 is 1.19 bits per heavy atom. The van der Waals surface area contributed by atoms with Crippen molar-refractivity contribution in [1.29, 1.82) is 0 Å². The summed E-state index contributed by atoms with van der Waals surface area (Å²) in [6.07, 6.45) is 7.80. The van der Waals surface area contributed by atoms with Crippen LogP contribution in [0.3, 0.4) is 0 Å². The van der Waals surface area contributed by atoms with Crippen molar-refractivity contribution in [2.75, 3.05) is 6.61 Å². The van der Waals surface area contributed by atoms with Crippen molar-refractivity contribution < 1.29 is 17.9 Å². The van der Waals surface area contributed by atoms with Crippen molar-refractivity contribution in [3.8, 4) is 5.75 Å². The molecule has 6 nitrogen and oxygen atoms in total. The third-order valence-corrected chi connectivity index (χ3v) is 6.47. The Bertz CT molecular complexity index is 725. The molecule has 0 heterocycles. The summed E-state index contributed by atoms with van der Waals surface area (Å²) in [6.45, 7) is 5.78. The quantitative estimate of drug-likeness (QED) is 0.741. The molecular formula is C20H32N2O4S. The third-order valence-electron chi connectivity index (χ3n) is 4.93. The summed E-state index contributed by atoms with van der Waals surface area (Å²) in [5, 5.41) is 3.01. The molecular weight excluding hydrogens is 364 g/mol. The Morgan fingerprint density at radius 2 is 1.81 bits per heavy atom. The summed E-state index contributed by atoms with van der Waals surface area (Å²) in [4.78, 5) is 12.6. The van der Waals surface area contributed by atoms with Gasteiger partial charge < -0.3 is 10.1 Å². The van der Waals surface area contributed by atoms with Gasteiger partial charge in [-0.15, -0.1) is 0 Å². The van der Waals surface area contributed by atoms with E-state index in [4.69, 9.17) is 4.74 Å². The molecule has 27 heavy (non-hydrogen) atoms. The second kappa shape index (κ2) is 10.1. The van der Waals surface area contributed by atoms with Crippen molar-refractivity contribution in [2.24, 2.45) is 0 Å². The molecule has 0 unspecified atom stereocenters. The number of amides is 1. The summed E-state index contributed by atoms with van der Waals surface area (Å²) in [7, 11) is -3.78. The number of hydrogen-bond acceptors (Lipinski definition) is 4. The molecule has 1 aromatic carbocycles. The van der Waals surface area contributed by atoms with Crippen LogP contribution >= 0.6 is 0 Å². The van der Waals surface area contributed by atoms with Crippen molar-refractivity contribution in [2.45, 2.75) is 82.7 Å². The fourth-order valence-corrected chi connectivity index (χ4v) is 4.68. The van der Waals surface area contributed by atoms with E-state index in [1.54, 1.807) is 26.0 Å². The second-order valence-electron chi connectivity index (χ2n) is 7.25. The smallest absolute Gasteiger partial charge is 0.241 e. The number of carbonyl (C=O) groups excluding carboxylic acids is 1. The summed E-state index contributed by atoms with van der Waals surface area (Å²) in [5.41, 5.74) is 0.742. The van der Waals surface area contributed by atoms with Crippen LogP contribution in [0.25, 0.3) is 0 Å². The predicted octanol–water partition coefficient (Wildman–Crippen LogP) is 3.29. The van der Waals surface area contributed by atoms with Crippen molar-refractivity contribution in [3.63, 3.8) is 0 Å². The van der Waals surface area contributed by atoms with Crippen molar-refractivity contribution >= 4 is 15.9 Å². The highest BCUT2D eigenvalue weighted by molar-refractivity contribution is 7.89. The maximum absolute atomic E-state index is 12.6. The van der Waals surface area contributed by atoms with Crippen LogP contribution in [0.2, 0.25) is 0 Å². The summed E-state index contributed by atoms with van der Waals surface area (Å²) in [6, 6.07) is 4.02. The number of nitrogens with one attached hydrogen (secondary N) is 2. The molecule has 1 aliphatic rings. The molecule has 2 rings (SSSR count). The Hall–Kier alpha value is -1.60. The number of rotatable bonds is 7. The van der Waals surface area contributed by atoms with Gasteiger partial charge in [-0.1, -0.05) is 32.1 Å². The van der Waals surface area contributed by atoms with Crippen LogP contribution in [0.1, 0.15) is 64.4 Å². The largest absolute Gasteiger partial charge is 0.494 e. The zero-order chi connectivity index (χ0) is 19.9. The molecule has 0 saturated heterocycles. The number of sulfonamides is 1. The minimum atomic E-state index is -3.78. The zero-order valence-corrected chi connectivity index (χ0v) is 17.4. The average molecular weight is 397 g/mol. The van der Waals surface area contributed by atoms with E-state index in [1.807, 2.05) is 6.92 Å². The number of hydrogen-bond donors (Lipinski definition) is 2. The van der Waals surface area contributed by atoms with E-state index in [-0.39, 0.29) is 16.8 Å². The molecule has 0 radical (unpaired) electrons. The highest BCUT2D eigenvalue weighted by Crippen LogP contribution is 2.22. The van der Waals surface area contributed by atoms with Gasteiger partial charge in [0.25, 0.3) is 0 Å². The van der Waals surface area contributed by atoms with Gasteiger partial charge in [-0.25, -0.2) is 8.42 Å². The SMILES string of the molecule is CCOc1ccc(S(=O)(=O)N[C@@H](C)C(=O)NC2CCCCCCC2)cc1C. The van der Waals surface area contributed by atoms with Gasteiger partial charge in [0.2, 0.25) is 15.9 Å². The molecule has 0 spiro atoms. The van der Waals surface area contributed by atoms with E-state index in [0.29, 0.717) is 12.4 Å². The maximum atomic E-state index is 12.6. The van der Waals surface area contributed by atoms with Gasteiger partial charge in [0.15, 0.2) is 0 Å². The summed E-state index contributed by atoms with van der Waals surface area (Å²) >= 11 is 0. The highest BCUT2D eigenvalue weighted by Gasteiger charge is 2.24. The fourth-order valence-electron chi connectivity index (χ4n) is 3.39. The number of carbonyl (C=O) groups is 1. The number of benzene rings is 1. The molecule has 1 amide bonds. The van der Waals surface area contributed by atoms with Gasteiger partial charge >= 0.3 is 0 Å². The third kappa shape index (κ3) is 6.50. The van der Waals surface area contributed by atoms with E-state index in [1.165, 1.54) is 25.3 Å². The van der Waals surface area contributed by atoms with Gasteiger partial charge in [0.1, 0.15) is 5.75 Å². The normalized spacial score (nSPS) is 17.6. The van der Waals surface area contributed by atoms with Crippen molar-refractivity contribution in [1.82, 2.24) is 10.0 Å². The number of ether oxygens (including phenoxy) is 1. The lowest BCUT2D eigenvalue weighted by molar-refractivity contribution is -0.123. The molecule has 0 bridgehead atoms. The highest BCUT2D eigenvalue weighted by atomic mass is 32.2. The molecule has 1 atom stereocenters. The lowest BCUT2D eigenvalue weighted by Gasteiger charge is -2.23. The van der Waals surface area contributed by atoms with E-state index >= 15 is 0 Å². The Kier molecular flexibility index (Phi) is 8.10. The molecule has 1 aliphatic carbocycles. The standard InChI is InChI=1S/C20H32N2O4S/c1-4-26-19-13-12-18(14-15(19)2)27(24,25)22-16(3)20(23)21-17-10-8-6-5-7-9-11-17/h12-14,16-17,22H,4-11H2,1-3H3,(H,21,23)/t16-/m0/s1. The average Bonchev–Trinajstić information content (AvgIpc) is 2.58. The summed E-state index contributed by atoms with van der Waals surface area (Å²) in [5.74, 6) is 0.387. The van der Waals surface area contributed by atoms with Crippen LogP contribution in [-0.2, 0) is 14.8 Å². The van der Waals surface area contributed by atoms with Gasteiger partial charge in [0, 0.05) is 6.04 Å². The fraction of sp³-hybridized carbons (Fsp3) is 0.650. The van der Waals surface area contributed by atoms with Crippen LogP contribution < -0.4 is 14.8 Å². The Labute approximate surface area is 163 Å². The van der Waals surface area contributed by atoms with Gasteiger partial charge in [-0.3, -0.25) is 4.79 Å². The van der Waals surface area contributed by atoms with Gasteiger partial charge in [-0.2, -0.15) is 4.72 Å². The minimum Gasteiger partial charge on any atom is -0.494 e. The first-order valence-corrected chi connectivity index (χ1v) is 11.4. The summed E-state index contributed by atoms with van der Waals surface area (Å²) < 4.78 is 33.2. The van der Waals surface area contributed by atoms with E-state index in [0.717, 1.165) is 31.2 Å². The first-order chi connectivity index (χ1) is 12.8. The molecule has 0 aromatic heterocycles. The molecule has 2 N–H and O–H groups in total. The zero-order valence-electron chi connectivity index (χ0n) is 16.6. The van der Waals surface area contributed by atoms with Crippen LogP contribution in [0.4, 0.5) is 0 Å². The van der Waals surface area contributed by atoms with Crippen LogP contribution in [0.15, 0.2) is 23.1 Å². The Morgan fingerprint density at radius 3 is 2.41 bits per heavy atom. The minimum absolute atomic E-state index is 0.133.